The van der Waals surface area contributed by atoms with E-state index >= 15 is 0 Å². The number of thiocarbonyl (C=S) groups is 1. The molecule has 1 aliphatic rings. The number of likely N-dealkylation sites (tertiary alicyclic amines) is 1. The molecule has 1 aromatic rings. The molecule has 0 bridgehead atoms. The Morgan fingerprint density at radius 1 is 1.40 bits per heavy atom. The minimum Gasteiger partial charge on any atom is -0.488 e. The van der Waals surface area contributed by atoms with Crippen LogP contribution in [-0.4, -0.2) is 29.8 Å². The molecule has 0 N–H and O–H groups in total. The molecule has 1 fully saturated rings. The van der Waals surface area contributed by atoms with E-state index in [1.54, 1.807) is 18.2 Å². The highest BCUT2D eigenvalue weighted by atomic mass is 35.5. The second-order valence-corrected chi connectivity index (χ2v) is 5.29. The molecule has 3 nitrogen and oxygen atoms in total. The van der Waals surface area contributed by atoms with Gasteiger partial charge in [-0.2, -0.15) is 0 Å². The highest BCUT2D eigenvalue weighted by Gasteiger charge is 2.16. The van der Waals surface area contributed by atoms with Crippen LogP contribution in [0.5, 0.6) is 11.5 Å². The smallest absolute Gasteiger partial charge is 0.264 e. The lowest BCUT2D eigenvalue weighted by Gasteiger charge is -2.18. The molecule has 5 heteroatoms. The van der Waals surface area contributed by atoms with Gasteiger partial charge in [0, 0.05) is 19.2 Å². The van der Waals surface area contributed by atoms with Crippen LogP contribution in [0.3, 0.4) is 0 Å². The predicted molar refractivity (Wildman–Crippen MR) is 85.8 cm³/mol. The monoisotopic (exact) mass is 311 g/mol. The largest absolute Gasteiger partial charge is 0.488 e. The minimum absolute atomic E-state index is 0.482. The summed E-state index contributed by atoms with van der Waals surface area (Å²) in [4.78, 5) is 2.07. The maximum Gasteiger partial charge on any atom is 0.264 e. The molecule has 1 aliphatic heterocycles. The average Bonchev–Trinajstić information content (AvgIpc) is 2.96. The van der Waals surface area contributed by atoms with Crippen LogP contribution in [0.1, 0.15) is 19.8 Å². The van der Waals surface area contributed by atoms with E-state index in [9.17, 15) is 0 Å². The van der Waals surface area contributed by atoms with Gasteiger partial charge < -0.3 is 14.4 Å². The first kappa shape index (κ1) is 15.1. The van der Waals surface area contributed by atoms with Gasteiger partial charge in [0.1, 0.15) is 18.1 Å². The third-order valence-electron chi connectivity index (χ3n) is 3.04. The van der Waals surface area contributed by atoms with Crippen molar-refractivity contribution in [1.82, 2.24) is 4.90 Å². The van der Waals surface area contributed by atoms with E-state index in [0.717, 1.165) is 13.1 Å². The Bertz CT molecular complexity index is 499. The zero-order chi connectivity index (χ0) is 14.4. The van der Waals surface area contributed by atoms with Crippen molar-refractivity contribution < 1.29 is 9.47 Å². The SMILES string of the molecule is CC=CCOc1cc(OC(=S)N2CCCC2)ccc1Cl. The van der Waals surface area contributed by atoms with E-state index in [4.69, 9.17) is 33.3 Å². The number of ether oxygens (including phenoxy) is 2. The van der Waals surface area contributed by atoms with Gasteiger partial charge in [-0.05, 0) is 44.1 Å². The molecule has 0 spiro atoms. The first-order valence-corrected chi connectivity index (χ1v) is 7.49. The van der Waals surface area contributed by atoms with Crippen LogP contribution in [0.15, 0.2) is 30.4 Å². The van der Waals surface area contributed by atoms with Crippen molar-refractivity contribution in [2.24, 2.45) is 0 Å². The normalized spacial score (nSPS) is 14.8. The molecule has 0 unspecified atom stereocenters. The van der Waals surface area contributed by atoms with Crippen molar-refractivity contribution >= 4 is 29.0 Å². The summed E-state index contributed by atoms with van der Waals surface area (Å²) in [7, 11) is 0. The van der Waals surface area contributed by atoms with Gasteiger partial charge in [0.05, 0.1) is 5.02 Å². The fourth-order valence-corrected chi connectivity index (χ4v) is 2.41. The maximum absolute atomic E-state index is 6.09. The molecular formula is C15H18ClNO2S. The van der Waals surface area contributed by atoms with Crippen molar-refractivity contribution in [2.75, 3.05) is 19.7 Å². The van der Waals surface area contributed by atoms with Crippen molar-refractivity contribution in [3.8, 4) is 11.5 Å². The quantitative estimate of drug-likeness (QED) is 0.617. The Balaban J connectivity index is 2.00. The van der Waals surface area contributed by atoms with Gasteiger partial charge >= 0.3 is 0 Å². The first-order chi connectivity index (χ1) is 9.70. The Morgan fingerprint density at radius 2 is 2.15 bits per heavy atom. The summed E-state index contributed by atoms with van der Waals surface area (Å²) in [6, 6.07) is 5.33. The fourth-order valence-electron chi connectivity index (χ4n) is 1.96. The Morgan fingerprint density at radius 3 is 2.85 bits per heavy atom. The zero-order valence-corrected chi connectivity index (χ0v) is 13.0. The van der Waals surface area contributed by atoms with E-state index in [1.165, 1.54) is 12.8 Å². The number of benzene rings is 1. The Hall–Kier alpha value is -1.26. The molecule has 0 radical (unpaired) electrons. The van der Waals surface area contributed by atoms with Crippen LogP contribution in [0.2, 0.25) is 5.02 Å². The summed E-state index contributed by atoms with van der Waals surface area (Å²) in [6.07, 6.45) is 6.18. The second-order valence-electron chi connectivity index (χ2n) is 4.53. The van der Waals surface area contributed by atoms with E-state index in [1.807, 2.05) is 19.1 Å². The molecule has 1 aromatic carbocycles. The molecule has 0 amide bonds. The van der Waals surface area contributed by atoms with Crippen LogP contribution in [0, 0.1) is 0 Å². The molecule has 0 aromatic heterocycles. The molecule has 0 saturated carbocycles. The fraction of sp³-hybridized carbons (Fsp3) is 0.400. The van der Waals surface area contributed by atoms with Crippen LogP contribution in [0.4, 0.5) is 0 Å². The number of rotatable bonds is 4. The van der Waals surface area contributed by atoms with Crippen LogP contribution in [-0.2, 0) is 0 Å². The van der Waals surface area contributed by atoms with Crippen molar-refractivity contribution in [1.29, 1.82) is 0 Å². The number of halogens is 1. The Labute approximate surface area is 130 Å². The van der Waals surface area contributed by atoms with Crippen LogP contribution >= 0.6 is 23.8 Å². The van der Waals surface area contributed by atoms with Gasteiger partial charge in [-0.25, -0.2) is 0 Å². The molecule has 0 atom stereocenters. The summed E-state index contributed by atoms with van der Waals surface area (Å²) in [5, 5.41) is 1.08. The molecule has 0 aliphatic carbocycles. The lowest BCUT2D eigenvalue weighted by molar-refractivity contribution is 0.359. The average molecular weight is 312 g/mol. The number of hydrogen-bond donors (Lipinski definition) is 0. The van der Waals surface area contributed by atoms with Gasteiger partial charge in [-0.1, -0.05) is 23.8 Å². The highest BCUT2D eigenvalue weighted by molar-refractivity contribution is 7.80. The number of hydrogen-bond acceptors (Lipinski definition) is 3. The van der Waals surface area contributed by atoms with Crippen LogP contribution in [0.25, 0.3) is 0 Å². The van der Waals surface area contributed by atoms with Crippen molar-refractivity contribution in [3.63, 3.8) is 0 Å². The molecular weight excluding hydrogens is 294 g/mol. The second kappa shape index (κ2) is 7.50. The molecule has 1 heterocycles. The minimum atomic E-state index is 0.482. The summed E-state index contributed by atoms with van der Waals surface area (Å²) in [5.41, 5.74) is 0. The van der Waals surface area contributed by atoms with Gasteiger partial charge in [0.25, 0.3) is 5.17 Å². The van der Waals surface area contributed by atoms with E-state index in [2.05, 4.69) is 4.90 Å². The Kier molecular flexibility index (Phi) is 5.68. The van der Waals surface area contributed by atoms with Gasteiger partial charge in [-0.15, -0.1) is 0 Å². The third kappa shape index (κ3) is 4.12. The van der Waals surface area contributed by atoms with Crippen LogP contribution < -0.4 is 9.47 Å². The van der Waals surface area contributed by atoms with E-state index in [0.29, 0.717) is 28.3 Å². The van der Waals surface area contributed by atoms with Gasteiger partial charge in [-0.3, -0.25) is 0 Å². The van der Waals surface area contributed by atoms with Gasteiger partial charge in [0.2, 0.25) is 0 Å². The summed E-state index contributed by atoms with van der Waals surface area (Å²) in [6.45, 7) is 4.36. The zero-order valence-electron chi connectivity index (χ0n) is 11.5. The van der Waals surface area contributed by atoms with E-state index < -0.39 is 0 Å². The lowest BCUT2D eigenvalue weighted by atomic mass is 10.3. The molecule has 2 rings (SSSR count). The summed E-state index contributed by atoms with van der Waals surface area (Å²) >= 11 is 11.4. The molecule has 108 valence electrons. The highest BCUT2D eigenvalue weighted by Crippen LogP contribution is 2.29. The molecule has 20 heavy (non-hydrogen) atoms. The lowest BCUT2D eigenvalue weighted by Crippen LogP contribution is -2.30. The standard InChI is InChI=1S/C15H18ClNO2S/c1-2-3-10-18-14-11-12(6-7-13(14)16)19-15(20)17-8-4-5-9-17/h2-3,6-7,11H,4-5,8-10H2,1H3. The number of allylic oxidation sites excluding steroid dienone is 1. The predicted octanol–water partition coefficient (Wildman–Crippen LogP) is 4.05. The maximum atomic E-state index is 6.09. The number of nitrogens with zero attached hydrogens (tertiary/aromatic N) is 1. The van der Waals surface area contributed by atoms with Gasteiger partial charge in [0.15, 0.2) is 0 Å². The van der Waals surface area contributed by atoms with E-state index in [-0.39, 0.29) is 0 Å². The topological polar surface area (TPSA) is 21.7 Å². The van der Waals surface area contributed by atoms with Crippen molar-refractivity contribution in [3.05, 3.63) is 35.4 Å². The van der Waals surface area contributed by atoms with Crippen molar-refractivity contribution in [2.45, 2.75) is 19.8 Å². The third-order valence-corrected chi connectivity index (χ3v) is 3.70. The molecule has 1 saturated heterocycles. The first-order valence-electron chi connectivity index (χ1n) is 6.71. The summed E-state index contributed by atoms with van der Waals surface area (Å²) in [5.74, 6) is 1.26. The summed E-state index contributed by atoms with van der Waals surface area (Å²) < 4.78 is 11.3.